The minimum Gasteiger partial charge on any atom is -0.496 e. The second-order valence-electron chi connectivity index (χ2n) is 11.0. The average Bonchev–Trinajstić information content (AvgIpc) is 3.16. The van der Waals surface area contributed by atoms with Gasteiger partial charge in [-0.05, 0) is 56.6 Å². The maximum Gasteiger partial charge on any atom is 0.325 e. The molecule has 4 aliphatic heterocycles. The molecule has 6 rings (SSSR count). The summed E-state index contributed by atoms with van der Waals surface area (Å²) in [5.41, 5.74) is 2.19. The molecule has 2 bridgehead atoms. The van der Waals surface area contributed by atoms with Crippen molar-refractivity contribution >= 4 is 17.8 Å². The predicted molar refractivity (Wildman–Crippen MR) is 134 cm³/mol. The number of hydrogen-bond acceptors (Lipinski definition) is 5. The lowest BCUT2D eigenvalue weighted by molar-refractivity contribution is -0.139. The summed E-state index contributed by atoms with van der Waals surface area (Å²) in [6.07, 6.45) is 9.60. The van der Waals surface area contributed by atoms with Crippen LogP contribution >= 0.6 is 0 Å². The van der Waals surface area contributed by atoms with E-state index in [1.54, 1.807) is 7.11 Å². The van der Waals surface area contributed by atoms with Gasteiger partial charge in [0.05, 0.1) is 26.1 Å². The molecule has 0 aromatic heterocycles. The van der Waals surface area contributed by atoms with Crippen molar-refractivity contribution in [3.63, 3.8) is 0 Å². The van der Waals surface area contributed by atoms with Crippen LogP contribution in [0.2, 0.25) is 0 Å². The van der Waals surface area contributed by atoms with Crippen LogP contribution in [0.5, 0.6) is 5.75 Å². The second-order valence-corrected chi connectivity index (χ2v) is 11.0. The van der Waals surface area contributed by atoms with Crippen LogP contribution in [0.25, 0.3) is 0 Å². The number of benzene rings is 1. The van der Waals surface area contributed by atoms with Gasteiger partial charge in [0.1, 0.15) is 11.8 Å². The second kappa shape index (κ2) is 9.54. The highest BCUT2D eigenvalue weighted by molar-refractivity contribution is 6.05. The molecule has 0 radical (unpaired) electrons. The molecular formula is C28H36N4O4. The minimum atomic E-state index is -0.816. The zero-order valence-electron chi connectivity index (χ0n) is 21.0. The normalized spacial score (nSPS) is 31.9. The van der Waals surface area contributed by atoms with Crippen molar-refractivity contribution in [3.8, 4) is 5.75 Å². The van der Waals surface area contributed by atoms with E-state index >= 15 is 0 Å². The fourth-order valence-electron chi connectivity index (χ4n) is 7.41. The zero-order chi connectivity index (χ0) is 24.8. The molecule has 1 N–H and O–H groups in total. The van der Waals surface area contributed by atoms with E-state index in [0.717, 1.165) is 37.9 Å². The van der Waals surface area contributed by atoms with E-state index in [1.807, 2.05) is 29.2 Å². The number of amides is 4. The van der Waals surface area contributed by atoms with E-state index in [1.165, 1.54) is 36.3 Å². The Kier molecular flexibility index (Phi) is 6.23. The molecule has 4 amide bonds. The van der Waals surface area contributed by atoms with Crippen LogP contribution in [0, 0.1) is 11.8 Å². The number of likely N-dealkylation sites (tertiary alicyclic amines) is 1. The molecule has 1 aliphatic carbocycles. The van der Waals surface area contributed by atoms with Gasteiger partial charge in [0, 0.05) is 24.7 Å². The van der Waals surface area contributed by atoms with Crippen molar-refractivity contribution < 1.29 is 19.1 Å². The molecule has 4 fully saturated rings. The number of hydrogen-bond donors (Lipinski definition) is 1. The van der Waals surface area contributed by atoms with Crippen molar-refractivity contribution in [1.29, 1.82) is 0 Å². The number of piperidine rings is 3. The monoisotopic (exact) mass is 492 g/mol. The minimum absolute atomic E-state index is 0.0132. The molecule has 4 saturated heterocycles. The smallest absolute Gasteiger partial charge is 0.325 e. The number of fused-ring (bicyclic) bond motifs is 6. The first-order valence-electron chi connectivity index (χ1n) is 13.5. The highest BCUT2D eigenvalue weighted by Crippen LogP contribution is 2.45. The summed E-state index contributed by atoms with van der Waals surface area (Å²) in [7, 11) is 1.57. The first-order chi connectivity index (χ1) is 17.5. The summed E-state index contributed by atoms with van der Waals surface area (Å²) in [4.78, 5) is 45.3. The molecule has 1 aromatic carbocycles. The van der Waals surface area contributed by atoms with E-state index in [2.05, 4.69) is 16.3 Å². The summed E-state index contributed by atoms with van der Waals surface area (Å²) >= 11 is 0. The molecule has 0 saturated carbocycles. The molecular weight excluding hydrogens is 456 g/mol. The van der Waals surface area contributed by atoms with Gasteiger partial charge in [0.15, 0.2) is 0 Å². The van der Waals surface area contributed by atoms with E-state index in [9.17, 15) is 14.4 Å². The van der Waals surface area contributed by atoms with E-state index < -0.39 is 12.1 Å². The number of carbonyl (C=O) groups is 3. The Morgan fingerprint density at radius 3 is 2.86 bits per heavy atom. The van der Waals surface area contributed by atoms with Crippen molar-refractivity contribution in [2.45, 2.75) is 69.6 Å². The van der Waals surface area contributed by atoms with Gasteiger partial charge < -0.3 is 15.0 Å². The lowest BCUT2D eigenvalue weighted by Crippen LogP contribution is -2.60. The Labute approximate surface area is 212 Å². The number of ether oxygens (including phenoxy) is 1. The van der Waals surface area contributed by atoms with Gasteiger partial charge in [-0.25, -0.2) is 4.79 Å². The van der Waals surface area contributed by atoms with Gasteiger partial charge in [0.25, 0.3) is 5.91 Å². The van der Waals surface area contributed by atoms with E-state index in [-0.39, 0.29) is 30.8 Å². The molecule has 8 nitrogen and oxygen atoms in total. The number of imide groups is 1. The fraction of sp³-hybridized carbons (Fsp3) is 0.607. The van der Waals surface area contributed by atoms with Gasteiger partial charge in [-0.3, -0.25) is 19.4 Å². The number of nitrogens with one attached hydrogen (secondary N) is 1. The number of rotatable bonds is 5. The number of methoxy groups -OCH3 is 1. The Bertz CT molecular complexity index is 1090. The van der Waals surface area contributed by atoms with Crippen molar-refractivity contribution in [2.75, 3.05) is 26.7 Å². The van der Waals surface area contributed by atoms with Crippen molar-refractivity contribution in [3.05, 3.63) is 41.5 Å². The lowest BCUT2D eigenvalue weighted by Gasteiger charge is -2.54. The molecule has 5 aliphatic rings. The van der Waals surface area contributed by atoms with Gasteiger partial charge in [-0.2, -0.15) is 0 Å². The fourth-order valence-corrected chi connectivity index (χ4v) is 7.41. The average molecular weight is 493 g/mol. The van der Waals surface area contributed by atoms with E-state index in [0.29, 0.717) is 23.6 Å². The van der Waals surface area contributed by atoms with Crippen LogP contribution in [0.15, 0.2) is 35.9 Å². The zero-order valence-corrected chi connectivity index (χ0v) is 21.0. The standard InChI is InChI=1S/C28H36N4O4/c1-36-24-10-3-2-7-19(24)17-32-27(34)22(29-28(32)35)15-25(33)31-12-6-8-18-13-20-14-21(26(18)31)16-30-11-5-4-9-23(20)30/h2-3,7,10,13,20-23,26H,4-6,8-9,11-12,14-17H2,1H3,(H,29,35)/t20-,21-,22+,23+,26+/m0/s1. The Balaban J connectivity index is 1.15. The van der Waals surface area contributed by atoms with E-state index in [4.69, 9.17) is 4.74 Å². The number of carbonyl (C=O) groups excluding carboxylic acids is 3. The van der Waals surface area contributed by atoms with Crippen LogP contribution in [0.4, 0.5) is 4.79 Å². The molecule has 36 heavy (non-hydrogen) atoms. The molecule has 5 atom stereocenters. The topological polar surface area (TPSA) is 82.2 Å². The Hall–Kier alpha value is -2.87. The predicted octanol–water partition coefficient (Wildman–Crippen LogP) is 2.93. The quantitative estimate of drug-likeness (QED) is 0.505. The maximum atomic E-state index is 13.6. The highest BCUT2D eigenvalue weighted by atomic mass is 16.5. The first-order valence-corrected chi connectivity index (χ1v) is 13.5. The summed E-state index contributed by atoms with van der Waals surface area (Å²) < 4.78 is 5.37. The number of para-hydroxylation sites is 1. The summed E-state index contributed by atoms with van der Waals surface area (Å²) in [6.45, 7) is 3.09. The third-order valence-corrected chi connectivity index (χ3v) is 8.98. The SMILES string of the molecule is COc1ccccc1CN1C(=O)N[C@H](CC(=O)N2CCCC3=C[C@H]4C[C@@H](CN5CCCC[C@H]45)[C@@H]32)C1=O. The molecule has 0 spiro atoms. The van der Waals surface area contributed by atoms with Crippen LogP contribution in [0.3, 0.4) is 0 Å². The summed E-state index contributed by atoms with van der Waals surface area (Å²) in [5.74, 6) is 1.34. The summed E-state index contributed by atoms with van der Waals surface area (Å²) in [6, 6.07) is 6.90. The Morgan fingerprint density at radius 2 is 2.00 bits per heavy atom. The number of nitrogens with zero attached hydrogens (tertiary/aromatic N) is 3. The van der Waals surface area contributed by atoms with Gasteiger partial charge in [-0.15, -0.1) is 0 Å². The highest BCUT2D eigenvalue weighted by Gasteiger charge is 2.48. The number of urea groups is 1. The van der Waals surface area contributed by atoms with Gasteiger partial charge in [0.2, 0.25) is 5.91 Å². The summed E-state index contributed by atoms with van der Waals surface area (Å²) in [5, 5.41) is 2.76. The third kappa shape index (κ3) is 4.09. The van der Waals surface area contributed by atoms with Gasteiger partial charge >= 0.3 is 6.03 Å². The van der Waals surface area contributed by atoms with Gasteiger partial charge in [-0.1, -0.05) is 36.3 Å². The maximum absolute atomic E-state index is 13.6. The van der Waals surface area contributed by atoms with Crippen LogP contribution in [-0.2, 0) is 16.1 Å². The van der Waals surface area contributed by atoms with Crippen molar-refractivity contribution in [1.82, 2.24) is 20.0 Å². The van der Waals surface area contributed by atoms with Crippen LogP contribution in [-0.4, -0.2) is 77.4 Å². The van der Waals surface area contributed by atoms with Crippen LogP contribution in [0.1, 0.15) is 50.5 Å². The molecule has 192 valence electrons. The largest absolute Gasteiger partial charge is 0.496 e. The molecule has 0 unspecified atom stereocenters. The van der Waals surface area contributed by atoms with Crippen molar-refractivity contribution in [2.24, 2.45) is 11.8 Å². The third-order valence-electron chi connectivity index (χ3n) is 8.98. The Morgan fingerprint density at radius 1 is 1.14 bits per heavy atom. The molecule has 4 heterocycles. The van der Waals surface area contributed by atoms with Crippen LogP contribution < -0.4 is 10.1 Å². The lowest BCUT2D eigenvalue weighted by atomic mass is 9.68. The molecule has 8 heteroatoms. The molecule has 1 aromatic rings. The first kappa shape index (κ1) is 23.5.